The van der Waals surface area contributed by atoms with Crippen LogP contribution in [0.4, 0.5) is 0 Å². The van der Waals surface area contributed by atoms with Crippen molar-refractivity contribution < 1.29 is 9.53 Å². The Bertz CT molecular complexity index is 325. The van der Waals surface area contributed by atoms with E-state index >= 15 is 0 Å². The highest BCUT2D eigenvalue weighted by Gasteiger charge is 2.02. The molecule has 0 unspecified atom stereocenters. The number of benzene rings is 1. The van der Waals surface area contributed by atoms with E-state index < -0.39 is 5.91 Å². The lowest BCUT2D eigenvalue weighted by atomic mass is 10.2. The molecule has 0 radical (unpaired) electrons. The third-order valence-corrected chi connectivity index (χ3v) is 1.77. The second-order valence-corrected chi connectivity index (χ2v) is 3.10. The van der Waals surface area contributed by atoms with Crippen molar-refractivity contribution in [2.75, 3.05) is 6.61 Å². The average molecular weight is 200 g/mol. The number of rotatable bonds is 3. The van der Waals surface area contributed by atoms with Crippen LogP contribution in [0.25, 0.3) is 0 Å². The van der Waals surface area contributed by atoms with Crippen LogP contribution in [0.3, 0.4) is 0 Å². The molecule has 4 heteroatoms. The highest BCUT2D eigenvalue weighted by Crippen LogP contribution is 2.24. The summed E-state index contributed by atoms with van der Waals surface area (Å²) < 4.78 is 5.07. The standard InChI is InChI=1S/C9H10ClNO2/c1-6-2-3-7(10)8(4-6)13-5-9(11)12/h2-4H,5H2,1H3,(H2,11,12). The van der Waals surface area contributed by atoms with E-state index in [1.54, 1.807) is 12.1 Å². The van der Waals surface area contributed by atoms with Crippen molar-refractivity contribution in [1.29, 1.82) is 0 Å². The zero-order valence-electron chi connectivity index (χ0n) is 7.21. The summed E-state index contributed by atoms with van der Waals surface area (Å²) in [6.07, 6.45) is 0. The van der Waals surface area contributed by atoms with Crippen molar-refractivity contribution in [2.45, 2.75) is 6.92 Å². The molecule has 0 saturated carbocycles. The molecule has 0 atom stereocenters. The summed E-state index contributed by atoms with van der Waals surface area (Å²) in [5.41, 5.74) is 5.94. The largest absolute Gasteiger partial charge is 0.482 e. The molecule has 0 heterocycles. The number of carbonyl (C=O) groups is 1. The number of carbonyl (C=O) groups excluding carboxylic acids is 1. The quantitative estimate of drug-likeness (QED) is 0.803. The lowest BCUT2D eigenvalue weighted by Gasteiger charge is -2.06. The number of aryl methyl sites for hydroxylation is 1. The maximum atomic E-state index is 10.4. The summed E-state index contributed by atoms with van der Waals surface area (Å²) >= 11 is 5.80. The number of halogens is 1. The van der Waals surface area contributed by atoms with E-state index in [0.717, 1.165) is 5.56 Å². The lowest BCUT2D eigenvalue weighted by molar-refractivity contribution is -0.119. The Kier molecular flexibility index (Phi) is 3.14. The number of hydrogen-bond acceptors (Lipinski definition) is 2. The zero-order chi connectivity index (χ0) is 9.84. The van der Waals surface area contributed by atoms with Gasteiger partial charge in [0.2, 0.25) is 0 Å². The van der Waals surface area contributed by atoms with Crippen LogP contribution in [0.1, 0.15) is 5.56 Å². The predicted octanol–water partition coefficient (Wildman–Crippen LogP) is 1.51. The molecule has 0 saturated heterocycles. The van der Waals surface area contributed by atoms with E-state index in [2.05, 4.69) is 0 Å². The van der Waals surface area contributed by atoms with Gasteiger partial charge in [-0.3, -0.25) is 4.79 Å². The third-order valence-electron chi connectivity index (χ3n) is 1.46. The monoisotopic (exact) mass is 199 g/mol. The topological polar surface area (TPSA) is 52.3 Å². The molecule has 13 heavy (non-hydrogen) atoms. The maximum Gasteiger partial charge on any atom is 0.255 e. The highest BCUT2D eigenvalue weighted by atomic mass is 35.5. The van der Waals surface area contributed by atoms with E-state index in [-0.39, 0.29) is 6.61 Å². The Balaban J connectivity index is 2.75. The van der Waals surface area contributed by atoms with Gasteiger partial charge in [-0.1, -0.05) is 17.7 Å². The molecule has 0 spiro atoms. The van der Waals surface area contributed by atoms with E-state index in [9.17, 15) is 4.79 Å². The number of primary amides is 1. The smallest absolute Gasteiger partial charge is 0.255 e. The molecule has 1 aromatic carbocycles. The number of nitrogens with two attached hydrogens (primary N) is 1. The molecule has 0 fully saturated rings. The van der Waals surface area contributed by atoms with Crippen molar-refractivity contribution in [2.24, 2.45) is 5.73 Å². The second-order valence-electron chi connectivity index (χ2n) is 2.69. The van der Waals surface area contributed by atoms with Crippen molar-refractivity contribution in [3.63, 3.8) is 0 Å². The number of amides is 1. The first-order valence-corrected chi connectivity index (χ1v) is 4.14. The molecule has 3 nitrogen and oxygen atoms in total. The SMILES string of the molecule is Cc1ccc(Cl)c(OCC(N)=O)c1. The van der Waals surface area contributed by atoms with Crippen molar-refractivity contribution in [3.05, 3.63) is 28.8 Å². The fourth-order valence-electron chi connectivity index (χ4n) is 0.870. The first-order valence-electron chi connectivity index (χ1n) is 3.77. The minimum Gasteiger partial charge on any atom is -0.482 e. The van der Waals surface area contributed by atoms with Gasteiger partial charge in [0.05, 0.1) is 5.02 Å². The summed E-state index contributed by atoms with van der Waals surface area (Å²) in [6.45, 7) is 1.76. The van der Waals surface area contributed by atoms with Crippen LogP contribution < -0.4 is 10.5 Å². The van der Waals surface area contributed by atoms with Crippen molar-refractivity contribution in [3.8, 4) is 5.75 Å². The van der Waals surface area contributed by atoms with Crippen molar-refractivity contribution in [1.82, 2.24) is 0 Å². The minimum absolute atomic E-state index is 0.150. The van der Waals surface area contributed by atoms with Gasteiger partial charge in [0.25, 0.3) is 5.91 Å². The van der Waals surface area contributed by atoms with Crippen LogP contribution in [0.5, 0.6) is 5.75 Å². The summed E-state index contributed by atoms with van der Waals surface area (Å²) in [5, 5.41) is 0.479. The van der Waals surface area contributed by atoms with E-state index in [1.807, 2.05) is 13.0 Å². The van der Waals surface area contributed by atoms with Gasteiger partial charge in [0.1, 0.15) is 5.75 Å². The van der Waals surface area contributed by atoms with Gasteiger partial charge in [-0.05, 0) is 24.6 Å². The number of ether oxygens (including phenoxy) is 1. The first kappa shape index (κ1) is 9.86. The Hall–Kier alpha value is -1.22. The molecule has 1 aromatic rings. The molecule has 0 bridgehead atoms. The van der Waals surface area contributed by atoms with Crippen LogP contribution in [0, 0.1) is 6.92 Å². The van der Waals surface area contributed by atoms with Crippen LogP contribution in [0.15, 0.2) is 18.2 Å². The fourth-order valence-corrected chi connectivity index (χ4v) is 1.04. The van der Waals surface area contributed by atoms with E-state index in [1.165, 1.54) is 0 Å². The number of hydrogen-bond donors (Lipinski definition) is 1. The molecular formula is C9H10ClNO2. The van der Waals surface area contributed by atoms with Crippen molar-refractivity contribution >= 4 is 17.5 Å². The zero-order valence-corrected chi connectivity index (χ0v) is 7.97. The van der Waals surface area contributed by atoms with Gasteiger partial charge in [-0.2, -0.15) is 0 Å². The molecule has 1 amide bonds. The summed E-state index contributed by atoms with van der Waals surface area (Å²) in [7, 11) is 0. The molecule has 0 aliphatic rings. The summed E-state index contributed by atoms with van der Waals surface area (Å²) in [4.78, 5) is 10.4. The summed E-state index contributed by atoms with van der Waals surface area (Å²) in [5.74, 6) is -0.0296. The summed E-state index contributed by atoms with van der Waals surface area (Å²) in [6, 6.07) is 5.33. The maximum absolute atomic E-state index is 10.4. The minimum atomic E-state index is -0.516. The molecular weight excluding hydrogens is 190 g/mol. The van der Waals surface area contributed by atoms with Crippen LogP contribution in [0.2, 0.25) is 5.02 Å². The van der Waals surface area contributed by atoms with Gasteiger partial charge in [0.15, 0.2) is 6.61 Å². The Labute approximate surface area is 81.4 Å². The first-order chi connectivity index (χ1) is 6.09. The molecule has 0 aromatic heterocycles. The average Bonchev–Trinajstić information content (AvgIpc) is 2.06. The van der Waals surface area contributed by atoms with E-state index in [4.69, 9.17) is 22.1 Å². The molecule has 0 aliphatic heterocycles. The predicted molar refractivity (Wildman–Crippen MR) is 50.9 cm³/mol. The third kappa shape index (κ3) is 2.95. The Morgan fingerprint density at radius 1 is 1.62 bits per heavy atom. The van der Waals surface area contributed by atoms with Gasteiger partial charge in [-0.25, -0.2) is 0 Å². The molecule has 2 N–H and O–H groups in total. The lowest BCUT2D eigenvalue weighted by Crippen LogP contribution is -2.20. The van der Waals surface area contributed by atoms with Crippen LogP contribution in [-0.4, -0.2) is 12.5 Å². The van der Waals surface area contributed by atoms with Gasteiger partial charge >= 0.3 is 0 Å². The Morgan fingerprint density at radius 3 is 2.92 bits per heavy atom. The van der Waals surface area contributed by atoms with Gasteiger partial charge in [-0.15, -0.1) is 0 Å². The second kappa shape index (κ2) is 4.14. The van der Waals surface area contributed by atoms with Gasteiger partial charge < -0.3 is 10.5 Å². The normalized spacial score (nSPS) is 9.69. The van der Waals surface area contributed by atoms with Crippen LogP contribution in [-0.2, 0) is 4.79 Å². The Morgan fingerprint density at radius 2 is 2.31 bits per heavy atom. The molecule has 0 aliphatic carbocycles. The molecule has 1 rings (SSSR count). The van der Waals surface area contributed by atoms with Crippen LogP contribution >= 0.6 is 11.6 Å². The molecule has 70 valence electrons. The fraction of sp³-hybridized carbons (Fsp3) is 0.222. The van der Waals surface area contributed by atoms with Gasteiger partial charge in [0, 0.05) is 0 Å². The highest BCUT2D eigenvalue weighted by molar-refractivity contribution is 6.32. The van der Waals surface area contributed by atoms with E-state index in [0.29, 0.717) is 10.8 Å².